The van der Waals surface area contributed by atoms with Gasteiger partial charge in [-0.3, -0.25) is 0 Å². The summed E-state index contributed by atoms with van der Waals surface area (Å²) in [6.45, 7) is 0. The van der Waals surface area contributed by atoms with E-state index in [1.807, 2.05) is 0 Å². The summed E-state index contributed by atoms with van der Waals surface area (Å²) in [7, 11) is 1.46. The van der Waals surface area contributed by atoms with Crippen molar-refractivity contribution in [3.05, 3.63) is 34.7 Å². The van der Waals surface area contributed by atoms with Crippen molar-refractivity contribution < 1.29 is 17.6 Å². The predicted octanol–water partition coefficient (Wildman–Crippen LogP) is 4.09. The molecular formula is C11H7ClF4N2. The Hall–Kier alpha value is -1.56. The molecule has 18 heavy (non-hydrogen) atoms. The number of pyridine rings is 1. The summed E-state index contributed by atoms with van der Waals surface area (Å²) in [4.78, 5) is 3.39. The summed E-state index contributed by atoms with van der Waals surface area (Å²) in [5.74, 6) is -0.807. The molecule has 0 aliphatic heterocycles. The minimum atomic E-state index is -4.59. The van der Waals surface area contributed by atoms with E-state index >= 15 is 0 Å². The predicted molar refractivity (Wildman–Crippen MR) is 61.3 cm³/mol. The summed E-state index contributed by atoms with van der Waals surface area (Å²) < 4.78 is 51.0. The number of nitrogens with zero attached hydrogens (tertiary/aromatic N) is 1. The third-order valence-electron chi connectivity index (χ3n) is 2.41. The maximum atomic E-state index is 13.2. The molecule has 0 unspecified atom stereocenters. The number of nitrogens with one attached hydrogen (secondary N) is 1. The van der Waals surface area contributed by atoms with E-state index < -0.39 is 17.7 Å². The van der Waals surface area contributed by atoms with Crippen molar-refractivity contribution in [1.29, 1.82) is 0 Å². The first-order chi connectivity index (χ1) is 8.32. The number of halogens is 5. The average Bonchev–Trinajstić information content (AvgIpc) is 2.28. The second-order valence-electron chi connectivity index (χ2n) is 3.59. The Morgan fingerprint density at radius 3 is 2.44 bits per heavy atom. The molecule has 2 nitrogen and oxygen atoms in total. The van der Waals surface area contributed by atoms with Crippen molar-refractivity contribution in [1.82, 2.24) is 4.98 Å². The summed E-state index contributed by atoms with van der Waals surface area (Å²) in [6, 6.07) is 2.98. The molecule has 0 amide bonds. The van der Waals surface area contributed by atoms with Crippen molar-refractivity contribution in [2.75, 3.05) is 12.4 Å². The van der Waals surface area contributed by atoms with E-state index in [9.17, 15) is 17.6 Å². The highest BCUT2D eigenvalue weighted by Gasteiger charge is 2.33. The van der Waals surface area contributed by atoms with Gasteiger partial charge in [0.2, 0.25) is 0 Å². The van der Waals surface area contributed by atoms with Crippen LogP contribution in [0.5, 0.6) is 0 Å². The highest BCUT2D eigenvalue weighted by atomic mass is 35.5. The van der Waals surface area contributed by atoms with Gasteiger partial charge in [0.1, 0.15) is 11.5 Å². The van der Waals surface area contributed by atoms with Gasteiger partial charge >= 0.3 is 6.18 Å². The van der Waals surface area contributed by atoms with Crippen LogP contribution < -0.4 is 5.32 Å². The third kappa shape index (κ3) is 2.20. The fraction of sp³-hybridized carbons (Fsp3) is 0.182. The van der Waals surface area contributed by atoms with Crippen molar-refractivity contribution in [2.45, 2.75) is 6.18 Å². The average molecular weight is 279 g/mol. The van der Waals surface area contributed by atoms with E-state index in [4.69, 9.17) is 11.6 Å². The van der Waals surface area contributed by atoms with Crippen LogP contribution in [0.25, 0.3) is 10.9 Å². The lowest BCUT2D eigenvalue weighted by atomic mass is 10.1. The van der Waals surface area contributed by atoms with Crippen LogP contribution in [-0.4, -0.2) is 12.0 Å². The van der Waals surface area contributed by atoms with Gasteiger partial charge in [-0.05, 0) is 12.1 Å². The van der Waals surface area contributed by atoms with Crippen LogP contribution in [0.15, 0.2) is 18.2 Å². The van der Waals surface area contributed by atoms with Crippen LogP contribution in [0.3, 0.4) is 0 Å². The number of hydrogen-bond acceptors (Lipinski definition) is 2. The minimum Gasteiger partial charge on any atom is -0.388 e. The van der Waals surface area contributed by atoms with E-state index in [-0.39, 0.29) is 16.2 Å². The van der Waals surface area contributed by atoms with Crippen LogP contribution in [-0.2, 0) is 6.18 Å². The number of anilines is 1. The Labute approximate surface area is 105 Å². The Bertz CT molecular complexity index is 610. The molecule has 2 rings (SSSR count). The lowest BCUT2D eigenvalue weighted by Crippen LogP contribution is -2.09. The smallest absolute Gasteiger partial charge is 0.388 e. The van der Waals surface area contributed by atoms with Crippen LogP contribution in [0.1, 0.15) is 5.69 Å². The number of alkyl halides is 3. The summed E-state index contributed by atoms with van der Waals surface area (Å²) in [5, 5.41) is 2.77. The second-order valence-corrected chi connectivity index (χ2v) is 3.99. The molecule has 1 N–H and O–H groups in total. The molecule has 7 heteroatoms. The summed E-state index contributed by atoms with van der Waals surface area (Å²) >= 11 is 5.59. The maximum absolute atomic E-state index is 13.2. The van der Waals surface area contributed by atoms with Gasteiger partial charge in [0, 0.05) is 24.2 Å². The van der Waals surface area contributed by atoms with E-state index in [0.29, 0.717) is 5.39 Å². The zero-order valence-corrected chi connectivity index (χ0v) is 9.83. The van der Waals surface area contributed by atoms with Crippen LogP contribution in [0.4, 0.5) is 23.2 Å². The lowest BCUT2D eigenvalue weighted by Gasteiger charge is -2.11. The molecular weight excluding hydrogens is 272 g/mol. The van der Waals surface area contributed by atoms with Gasteiger partial charge in [0.25, 0.3) is 0 Å². The number of benzene rings is 1. The Morgan fingerprint density at radius 1 is 1.22 bits per heavy atom. The summed E-state index contributed by atoms with van der Waals surface area (Å²) in [5.41, 5.74) is -0.994. The third-order valence-corrected chi connectivity index (χ3v) is 2.70. The molecule has 1 heterocycles. The van der Waals surface area contributed by atoms with Gasteiger partial charge in [-0.25, -0.2) is 9.37 Å². The van der Waals surface area contributed by atoms with Gasteiger partial charge in [0.05, 0.1) is 10.5 Å². The molecule has 1 aromatic carbocycles. The first-order valence-corrected chi connectivity index (χ1v) is 5.25. The summed E-state index contributed by atoms with van der Waals surface area (Å²) in [6.07, 6.45) is -4.59. The molecule has 0 aliphatic carbocycles. The van der Waals surface area contributed by atoms with Gasteiger partial charge < -0.3 is 5.32 Å². The molecule has 0 aliphatic rings. The highest BCUT2D eigenvalue weighted by Crippen LogP contribution is 2.34. The monoisotopic (exact) mass is 278 g/mol. The molecule has 0 bridgehead atoms. The fourth-order valence-electron chi connectivity index (χ4n) is 1.57. The number of aromatic nitrogens is 1. The quantitative estimate of drug-likeness (QED) is 0.795. The number of hydrogen-bond donors (Lipinski definition) is 1. The van der Waals surface area contributed by atoms with Crippen LogP contribution in [0, 0.1) is 5.82 Å². The number of rotatable bonds is 1. The van der Waals surface area contributed by atoms with E-state index in [1.54, 1.807) is 0 Å². The van der Waals surface area contributed by atoms with E-state index in [2.05, 4.69) is 10.3 Å². The fourth-order valence-corrected chi connectivity index (χ4v) is 1.74. The van der Waals surface area contributed by atoms with E-state index in [0.717, 1.165) is 12.1 Å². The largest absolute Gasteiger partial charge is 0.433 e. The molecule has 1 aromatic heterocycles. The topological polar surface area (TPSA) is 24.9 Å². The molecule has 0 saturated carbocycles. The molecule has 0 atom stereocenters. The first kappa shape index (κ1) is 12.9. The molecule has 0 spiro atoms. The highest BCUT2D eigenvalue weighted by molar-refractivity contribution is 6.31. The van der Waals surface area contributed by atoms with Crippen molar-refractivity contribution >= 4 is 28.2 Å². The number of fused-ring (bicyclic) bond motifs is 1. The molecule has 0 saturated heterocycles. The SMILES string of the molecule is CNc1cc(C(F)(F)F)nc2cc(F)c(Cl)cc12. The second kappa shape index (κ2) is 4.28. The first-order valence-electron chi connectivity index (χ1n) is 4.87. The lowest BCUT2D eigenvalue weighted by molar-refractivity contribution is -0.140. The zero-order valence-electron chi connectivity index (χ0n) is 9.07. The van der Waals surface area contributed by atoms with E-state index in [1.165, 1.54) is 13.1 Å². The Balaban J connectivity index is 2.80. The molecule has 0 fully saturated rings. The van der Waals surface area contributed by atoms with Gasteiger partial charge in [-0.1, -0.05) is 11.6 Å². The van der Waals surface area contributed by atoms with Crippen LogP contribution in [0.2, 0.25) is 5.02 Å². The Morgan fingerprint density at radius 2 is 1.89 bits per heavy atom. The minimum absolute atomic E-state index is 0.101. The van der Waals surface area contributed by atoms with Gasteiger partial charge in [-0.2, -0.15) is 13.2 Å². The zero-order chi connectivity index (χ0) is 13.5. The molecule has 96 valence electrons. The van der Waals surface area contributed by atoms with Gasteiger partial charge in [-0.15, -0.1) is 0 Å². The standard InChI is InChI=1S/C11H7ClF4N2/c1-17-8-4-10(11(14,15)16)18-9-3-7(13)6(12)2-5(8)9/h2-4H,1H3,(H,17,18). The Kier molecular flexibility index (Phi) is 3.06. The maximum Gasteiger partial charge on any atom is 0.433 e. The molecule has 2 aromatic rings. The van der Waals surface area contributed by atoms with Gasteiger partial charge in [0.15, 0.2) is 0 Å². The van der Waals surface area contributed by atoms with Crippen molar-refractivity contribution in [2.24, 2.45) is 0 Å². The molecule has 0 radical (unpaired) electrons. The van der Waals surface area contributed by atoms with Crippen molar-refractivity contribution in [3.63, 3.8) is 0 Å². The van der Waals surface area contributed by atoms with Crippen molar-refractivity contribution in [3.8, 4) is 0 Å². The van der Waals surface area contributed by atoms with Crippen LogP contribution >= 0.6 is 11.6 Å². The normalized spacial score (nSPS) is 11.9.